The van der Waals surface area contributed by atoms with Gasteiger partial charge in [0.1, 0.15) is 12.4 Å². The first kappa shape index (κ1) is 22.3. The van der Waals surface area contributed by atoms with E-state index in [2.05, 4.69) is 5.32 Å². The van der Waals surface area contributed by atoms with E-state index < -0.39 is 5.91 Å². The second kappa shape index (κ2) is 9.71. The molecule has 1 N–H and O–H groups in total. The molecule has 8 heteroatoms. The molecule has 0 bridgehead atoms. The van der Waals surface area contributed by atoms with Gasteiger partial charge in [0.2, 0.25) is 0 Å². The number of benzene rings is 2. The second-order valence-electron chi connectivity index (χ2n) is 7.92. The Morgan fingerprint density at radius 1 is 1.19 bits per heavy atom. The van der Waals surface area contributed by atoms with Gasteiger partial charge < -0.3 is 14.8 Å². The Kier molecular flexibility index (Phi) is 6.77. The number of fused-ring (bicyclic) bond motifs is 1. The first-order chi connectivity index (χ1) is 15.5. The van der Waals surface area contributed by atoms with Crippen LogP contribution in [0.2, 0.25) is 5.02 Å². The van der Waals surface area contributed by atoms with Gasteiger partial charge in [-0.1, -0.05) is 24.9 Å². The Morgan fingerprint density at radius 3 is 2.75 bits per heavy atom. The lowest BCUT2D eigenvalue weighted by atomic mass is 10.1. The van der Waals surface area contributed by atoms with E-state index in [4.69, 9.17) is 21.1 Å². The summed E-state index contributed by atoms with van der Waals surface area (Å²) in [6.45, 7) is 3.48. The molecular weight excluding hydrogens is 432 g/mol. The number of anilines is 1. The van der Waals surface area contributed by atoms with Crippen molar-refractivity contribution >= 4 is 35.0 Å². The van der Waals surface area contributed by atoms with Crippen molar-refractivity contribution in [2.75, 3.05) is 25.1 Å². The van der Waals surface area contributed by atoms with Crippen molar-refractivity contribution in [2.24, 2.45) is 0 Å². The second-order valence-corrected chi connectivity index (χ2v) is 8.35. The zero-order valence-corrected chi connectivity index (χ0v) is 18.6. The van der Waals surface area contributed by atoms with E-state index in [-0.39, 0.29) is 29.0 Å². The highest BCUT2D eigenvalue weighted by molar-refractivity contribution is 6.31. The van der Waals surface area contributed by atoms with Crippen LogP contribution in [0.1, 0.15) is 63.7 Å². The van der Waals surface area contributed by atoms with Gasteiger partial charge in [-0.05, 0) is 55.7 Å². The molecule has 1 unspecified atom stereocenters. The van der Waals surface area contributed by atoms with E-state index in [1.807, 2.05) is 6.92 Å². The number of halogens is 1. The van der Waals surface area contributed by atoms with Gasteiger partial charge in [-0.15, -0.1) is 0 Å². The summed E-state index contributed by atoms with van der Waals surface area (Å²) in [5.74, 6) is -0.623. The van der Waals surface area contributed by atoms with Crippen molar-refractivity contribution < 1.29 is 23.9 Å². The molecule has 0 spiro atoms. The van der Waals surface area contributed by atoms with Crippen molar-refractivity contribution in [3.05, 3.63) is 58.1 Å². The number of nitrogens with one attached hydrogen (secondary N) is 1. The highest BCUT2D eigenvalue weighted by atomic mass is 35.5. The van der Waals surface area contributed by atoms with Gasteiger partial charge in [0.15, 0.2) is 0 Å². The zero-order chi connectivity index (χ0) is 22.7. The van der Waals surface area contributed by atoms with Crippen LogP contribution < -0.4 is 10.1 Å². The Hall–Kier alpha value is -2.90. The van der Waals surface area contributed by atoms with Crippen molar-refractivity contribution in [1.82, 2.24) is 4.90 Å². The lowest BCUT2D eigenvalue weighted by Gasteiger charge is -2.15. The van der Waals surface area contributed by atoms with Crippen molar-refractivity contribution in [3.8, 4) is 5.75 Å². The van der Waals surface area contributed by atoms with Crippen LogP contribution in [0.5, 0.6) is 5.75 Å². The number of amides is 3. The van der Waals surface area contributed by atoms with Gasteiger partial charge >= 0.3 is 0 Å². The third kappa shape index (κ3) is 4.64. The molecule has 2 aromatic carbocycles. The monoisotopic (exact) mass is 456 g/mol. The molecule has 0 saturated carbocycles. The summed E-state index contributed by atoms with van der Waals surface area (Å²) in [5.41, 5.74) is 1.27. The van der Waals surface area contributed by atoms with Gasteiger partial charge in [0.25, 0.3) is 17.7 Å². The number of ether oxygens (including phenoxy) is 2. The molecule has 2 heterocycles. The van der Waals surface area contributed by atoms with Crippen LogP contribution >= 0.6 is 11.6 Å². The molecule has 2 aromatic rings. The summed E-state index contributed by atoms with van der Waals surface area (Å²) in [6, 6.07) is 9.53. The summed E-state index contributed by atoms with van der Waals surface area (Å²) < 4.78 is 11.4. The summed E-state index contributed by atoms with van der Waals surface area (Å²) in [7, 11) is 0. The van der Waals surface area contributed by atoms with E-state index in [9.17, 15) is 14.4 Å². The molecule has 1 atom stereocenters. The Labute approximate surface area is 191 Å². The minimum Gasteiger partial charge on any atom is -0.489 e. The smallest absolute Gasteiger partial charge is 0.261 e. The van der Waals surface area contributed by atoms with Crippen LogP contribution in [0.15, 0.2) is 36.4 Å². The van der Waals surface area contributed by atoms with Gasteiger partial charge in [-0.25, -0.2) is 0 Å². The number of carbonyl (C=O) groups is 3. The SMILES string of the molecule is CCCCN1C(=O)c2ccc(C(=O)Nc3cc(Cl)ccc3OCC3CCCO3)cc2C1=O. The van der Waals surface area contributed by atoms with E-state index in [0.29, 0.717) is 35.2 Å². The third-order valence-electron chi connectivity index (χ3n) is 5.61. The maximum absolute atomic E-state index is 12.9. The quantitative estimate of drug-likeness (QED) is 0.589. The molecule has 1 saturated heterocycles. The number of nitrogens with zero attached hydrogens (tertiary/aromatic N) is 1. The Morgan fingerprint density at radius 2 is 2.00 bits per heavy atom. The summed E-state index contributed by atoms with van der Waals surface area (Å²) in [4.78, 5) is 39.4. The molecule has 4 rings (SSSR count). The molecule has 7 nitrogen and oxygen atoms in total. The minimum atomic E-state index is -0.427. The number of unbranched alkanes of at least 4 members (excludes halogenated alkanes) is 1. The topological polar surface area (TPSA) is 84.9 Å². The molecule has 168 valence electrons. The van der Waals surface area contributed by atoms with Gasteiger partial charge in [0, 0.05) is 23.7 Å². The molecule has 2 aliphatic heterocycles. The standard InChI is InChI=1S/C24H25ClN2O5/c1-2-3-10-27-23(29)18-8-6-15(12-19(18)24(27)30)22(28)26-20-13-16(25)7-9-21(20)32-14-17-5-4-11-31-17/h6-9,12-13,17H,2-5,10-11,14H2,1H3,(H,26,28). The first-order valence-electron chi connectivity index (χ1n) is 10.8. The minimum absolute atomic E-state index is 0.0325. The van der Waals surface area contributed by atoms with Gasteiger partial charge in [-0.3, -0.25) is 19.3 Å². The highest BCUT2D eigenvalue weighted by Gasteiger charge is 2.35. The van der Waals surface area contributed by atoms with Crippen molar-refractivity contribution in [3.63, 3.8) is 0 Å². The average Bonchev–Trinajstić information content (AvgIpc) is 3.39. The number of hydrogen-bond acceptors (Lipinski definition) is 5. The molecule has 2 aliphatic rings. The normalized spacial score (nSPS) is 17.6. The maximum Gasteiger partial charge on any atom is 0.261 e. The predicted molar refractivity (Wildman–Crippen MR) is 121 cm³/mol. The van der Waals surface area contributed by atoms with Crippen molar-refractivity contribution in [1.29, 1.82) is 0 Å². The fourth-order valence-electron chi connectivity index (χ4n) is 3.83. The molecule has 0 aromatic heterocycles. The largest absolute Gasteiger partial charge is 0.489 e. The Bertz CT molecular complexity index is 1050. The predicted octanol–water partition coefficient (Wildman–Crippen LogP) is 4.55. The molecule has 3 amide bonds. The highest BCUT2D eigenvalue weighted by Crippen LogP contribution is 2.30. The van der Waals surface area contributed by atoms with E-state index in [1.165, 1.54) is 17.0 Å². The van der Waals surface area contributed by atoms with Crippen LogP contribution in [0.4, 0.5) is 5.69 Å². The zero-order valence-electron chi connectivity index (χ0n) is 17.9. The van der Waals surface area contributed by atoms with Crippen LogP contribution in [-0.2, 0) is 4.74 Å². The molecule has 0 aliphatic carbocycles. The number of imide groups is 1. The lowest BCUT2D eigenvalue weighted by molar-refractivity contribution is 0.0652. The summed E-state index contributed by atoms with van der Waals surface area (Å²) in [5, 5.41) is 3.26. The van der Waals surface area contributed by atoms with E-state index in [1.54, 1.807) is 24.3 Å². The van der Waals surface area contributed by atoms with Crippen LogP contribution in [0.25, 0.3) is 0 Å². The molecule has 1 fully saturated rings. The van der Waals surface area contributed by atoms with Crippen LogP contribution in [-0.4, -0.2) is 48.5 Å². The van der Waals surface area contributed by atoms with Crippen LogP contribution in [0, 0.1) is 0 Å². The number of rotatable bonds is 8. The fourth-order valence-corrected chi connectivity index (χ4v) is 4.00. The van der Waals surface area contributed by atoms with E-state index in [0.717, 1.165) is 32.3 Å². The lowest BCUT2D eigenvalue weighted by Crippen LogP contribution is -2.30. The third-order valence-corrected chi connectivity index (χ3v) is 5.84. The summed E-state index contributed by atoms with van der Waals surface area (Å²) >= 11 is 6.12. The van der Waals surface area contributed by atoms with E-state index >= 15 is 0 Å². The summed E-state index contributed by atoms with van der Waals surface area (Å²) in [6.07, 6.45) is 3.59. The number of carbonyl (C=O) groups excluding carboxylic acids is 3. The Balaban J connectivity index is 1.50. The van der Waals surface area contributed by atoms with Gasteiger partial charge in [-0.2, -0.15) is 0 Å². The molecule has 0 radical (unpaired) electrons. The van der Waals surface area contributed by atoms with Crippen LogP contribution in [0.3, 0.4) is 0 Å². The average molecular weight is 457 g/mol. The number of hydrogen-bond donors (Lipinski definition) is 1. The molecule has 32 heavy (non-hydrogen) atoms. The molecular formula is C24H25ClN2O5. The maximum atomic E-state index is 12.9. The van der Waals surface area contributed by atoms with Gasteiger partial charge in [0.05, 0.1) is 22.9 Å². The van der Waals surface area contributed by atoms with Crippen molar-refractivity contribution in [2.45, 2.75) is 38.7 Å². The first-order valence-corrected chi connectivity index (χ1v) is 11.2. The fraction of sp³-hybridized carbons (Fsp3) is 0.375.